The minimum Gasteiger partial charge on any atom is -1.00 e. The largest absolute Gasteiger partial charge is 1.00 e. The second-order valence-corrected chi connectivity index (χ2v) is 0.854. The summed E-state index contributed by atoms with van der Waals surface area (Å²) in [5.41, 5.74) is 0. The first-order valence-electron chi connectivity index (χ1n) is 1.48. The average Bonchev–Trinajstić information content (AvgIpc) is 1.27. The lowest BCUT2D eigenvalue weighted by molar-refractivity contribution is -1.14. The Labute approximate surface area is 63.3 Å². The maximum atomic E-state index is 4.76. The first kappa shape index (κ1) is 11.3. The Balaban J connectivity index is 0. The van der Waals surface area contributed by atoms with Gasteiger partial charge in [-0.15, -0.1) is 11.7 Å². The Morgan fingerprint density at radius 1 is 1.25 bits per heavy atom. The number of nitrogens with one attached hydrogen (secondary N) is 1. The van der Waals surface area contributed by atoms with Crippen LogP contribution in [-0.4, -0.2) is 5.28 Å². The molecular weight excluding hydrogens is 227 g/mol. The molecule has 0 rings (SSSR count). The quantitative estimate of drug-likeness (QED) is 0.184. The molecule has 0 aromatic heterocycles. The average molecular weight is 236 g/mol. The summed E-state index contributed by atoms with van der Waals surface area (Å²) in [6, 6.07) is 0. The van der Waals surface area contributed by atoms with E-state index < -0.39 is 0 Å². The molecule has 8 heavy (non-hydrogen) atoms. The van der Waals surface area contributed by atoms with Gasteiger partial charge < -0.3 is 24.0 Å². The van der Waals surface area contributed by atoms with Crippen molar-refractivity contribution in [1.82, 2.24) is 5.28 Å². The molecule has 0 unspecified atom stereocenters. The van der Waals surface area contributed by atoms with E-state index in [9.17, 15) is 0 Å². The fourth-order valence-corrected chi connectivity index (χ4v) is 0.122. The highest BCUT2D eigenvalue weighted by molar-refractivity contribution is 3.70. The number of hydrazine groups is 2. The highest BCUT2D eigenvalue weighted by Crippen LogP contribution is 1.42. The van der Waals surface area contributed by atoms with Crippen molar-refractivity contribution in [3.63, 3.8) is 0 Å². The van der Waals surface area contributed by atoms with Crippen molar-refractivity contribution in [1.29, 1.82) is 0 Å². The van der Waals surface area contributed by atoms with E-state index in [4.69, 9.17) is 23.4 Å². The third kappa shape index (κ3) is 9.67. The van der Waals surface area contributed by atoms with Crippen LogP contribution in [0, 0.1) is 0 Å². The van der Waals surface area contributed by atoms with Gasteiger partial charge in [0.1, 0.15) is 0 Å². The predicted octanol–water partition coefficient (Wildman–Crippen LogP) is -7.48. The molecule has 0 aromatic rings. The number of rotatable bonds is 2. The molecule has 0 aliphatic rings. The second-order valence-electron chi connectivity index (χ2n) is 0.854. The number of halogens is 1. The van der Waals surface area contributed by atoms with Crippen LogP contribution in [-0.2, 0) is 4.94 Å². The zero-order valence-electron chi connectivity index (χ0n) is 4.04. The van der Waals surface area contributed by atoms with E-state index >= 15 is 0 Å². The van der Waals surface area contributed by atoms with Gasteiger partial charge in [-0.25, -0.2) is 11.7 Å². The van der Waals surface area contributed by atoms with Gasteiger partial charge in [0.25, 0.3) is 0 Å². The van der Waals surface area contributed by atoms with Crippen molar-refractivity contribution in [2.24, 2.45) is 23.4 Å². The van der Waals surface area contributed by atoms with E-state index in [1.165, 1.54) is 0 Å². The topological polar surface area (TPSA) is 121 Å². The van der Waals surface area contributed by atoms with Crippen molar-refractivity contribution in [2.75, 3.05) is 0 Å². The molecule has 0 aromatic carbocycles. The second kappa shape index (κ2) is 5.58. The fourth-order valence-electron chi connectivity index (χ4n) is 0.122. The number of hydrogen-bond acceptors (Lipinski definition) is 6. The van der Waals surface area contributed by atoms with E-state index in [1.54, 1.807) is 0 Å². The Morgan fingerprint density at radius 2 is 1.62 bits per heavy atom. The normalized spacial score (nSPS) is 9.75. The van der Waals surface area contributed by atoms with Gasteiger partial charge in [-0.3, -0.25) is 0 Å². The molecule has 0 radical (unpaired) electrons. The lowest BCUT2D eigenvalue weighted by atomic mass is 12.3. The molecule has 52 valence electrons. The summed E-state index contributed by atoms with van der Waals surface area (Å²) in [7, 11) is 0. The summed E-state index contributed by atoms with van der Waals surface area (Å²) in [5, 5.41) is 0.125. The minimum absolute atomic E-state index is 0. The molecule has 0 spiro atoms. The zero-order valence-corrected chi connectivity index (χ0v) is 6.20. The number of nitrogens with zero attached hydrogens (tertiary/aromatic N) is 1. The van der Waals surface area contributed by atoms with Crippen molar-refractivity contribution in [3.05, 3.63) is 0 Å². The third-order valence-corrected chi connectivity index (χ3v) is 0.211. The van der Waals surface area contributed by atoms with Gasteiger partial charge >= 0.3 is 0 Å². The summed E-state index contributed by atoms with van der Waals surface area (Å²) in [4.78, 5) is 4.11. The number of nitrogens with two attached hydrogens (primary N) is 4. The molecule has 0 amide bonds. The van der Waals surface area contributed by atoms with E-state index in [2.05, 4.69) is 4.94 Å². The molecule has 0 atom stereocenters. The van der Waals surface area contributed by atoms with Crippen LogP contribution in [0.5, 0.6) is 0 Å². The molecule has 0 aliphatic carbocycles. The lowest BCUT2D eigenvalue weighted by Crippen LogP contribution is -3.23. The number of hydrogen-bond donors (Lipinski definition) is 5. The Kier molecular flexibility index (Phi) is 7.87. The van der Waals surface area contributed by atoms with Crippen LogP contribution in [0.25, 0.3) is 0 Å². The smallest absolute Gasteiger partial charge is 0.00241 e. The van der Waals surface area contributed by atoms with Crippen LogP contribution in [0.1, 0.15) is 0 Å². The summed E-state index contributed by atoms with van der Waals surface area (Å²) in [6.07, 6.45) is 0. The van der Waals surface area contributed by atoms with Crippen LogP contribution in [0.15, 0.2) is 0 Å². The van der Waals surface area contributed by atoms with Crippen molar-refractivity contribution in [2.45, 2.75) is 0 Å². The summed E-state index contributed by atoms with van der Waals surface area (Å²) < 4.78 is 0. The van der Waals surface area contributed by atoms with E-state index in [0.29, 0.717) is 5.28 Å². The van der Waals surface area contributed by atoms with Crippen LogP contribution < -0.4 is 52.6 Å². The highest BCUT2D eigenvalue weighted by Gasteiger charge is 1.95. The molecule has 0 fully saturated rings. The van der Waals surface area contributed by atoms with Crippen molar-refractivity contribution in [3.8, 4) is 0 Å². The lowest BCUT2D eigenvalue weighted by Gasteiger charge is -2.06. The SMILES string of the molecule is NN(N)O[NH+](N)N.[I-]. The molecule has 0 saturated carbocycles. The van der Waals surface area contributed by atoms with Gasteiger partial charge in [-0.1, -0.05) is 0 Å². The van der Waals surface area contributed by atoms with Crippen LogP contribution >= 0.6 is 0 Å². The van der Waals surface area contributed by atoms with E-state index in [1.807, 2.05) is 0 Å². The summed E-state index contributed by atoms with van der Waals surface area (Å²) >= 11 is 0. The van der Waals surface area contributed by atoms with Crippen LogP contribution in [0.4, 0.5) is 0 Å². The van der Waals surface area contributed by atoms with Gasteiger partial charge in [0.15, 0.2) is 0 Å². The van der Waals surface area contributed by atoms with Gasteiger partial charge in [-0.2, -0.15) is 0 Å². The highest BCUT2D eigenvalue weighted by atomic mass is 127. The van der Waals surface area contributed by atoms with Gasteiger partial charge in [0.2, 0.25) is 0 Å². The fraction of sp³-hybridized carbons (Fsp3) is 0. The molecular formula is H9IN6O. The zero-order chi connectivity index (χ0) is 5.86. The monoisotopic (exact) mass is 236 g/mol. The van der Waals surface area contributed by atoms with Crippen LogP contribution in [0.3, 0.4) is 0 Å². The Bertz CT molecular complexity index is 37.8. The standard InChI is InChI=1S/HI.H8N6O/c;1-5(2)7-6(3)4/h1H;1-4H2. The van der Waals surface area contributed by atoms with Crippen LogP contribution in [0.2, 0.25) is 0 Å². The van der Waals surface area contributed by atoms with Gasteiger partial charge in [-0.05, 0) is 10.2 Å². The van der Waals surface area contributed by atoms with Crippen molar-refractivity contribution < 1.29 is 34.2 Å². The Hall–Kier alpha value is 0.450. The predicted molar refractivity (Wildman–Crippen MR) is 20.6 cm³/mol. The number of quaternary nitrogens is 1. The van der Waals surface area contributed by atoms with Gasteiger partial charge in [0.05, 0.1) is 0 Å². The molecule has 8 heteroatoms. The third-order valence-electron chi connectivity index (χ3n) is 0.211. The molecule has 0 saturated heterocycles. The van der Waals surface area contributed by atoms with Crippen molar-refractivity contribution >= 4 is 0 Å². The molecule has 0 bridgehead atoms. The maximum absolute atomic E-state index is 4.76. The van der Waals surface area contributed by atoms with Gasteiger partial charge in [0, 0.05) is 5.28 Å². The first-order chi connectivity index (χ1) is 3.13. The maximum Gasteiger partial charge on any atom is 0.00241 e. The Morgan fingerprint density at radius 3 is 1.62 bits per heavy atom. The van der Waals surface area contributed by atoms with E-state index in [-0.39, 0.29) is 29.3 Å². The first-order valence-corrected chi connectivity index (χ1v) is 1.48. The van der Waals surface area contributed by atoms with E-state index in [0.717, 1.165) is 0 Å². The summed E-state index contributed by atoms with van der Waals surface area (Å²) in [6.45, 7) is 0. The molecule has 0 heterocycles. The molecule has 7 nitrogen and oxygen atoms in total. The molecule has 0 aliphatic heterocycles. The minimum atomic E-state index is -0.287. The molecule has 9 N–H and O–H groups in total. The summed E-state index contributed by atoms with van der Waals surface area (Å²) in [5.74, 6) is 18.9.